The smallest absolute Gasteiger partial charge is 0.416 e. The molecular weight excluding hydrogens is 446 g/mol. The van der Waals surface area contributed by atoms with Crippen LogP contribution in [0, 0.1) is 5.82 Å². The molecule has 4 rings (SSSR count). The first-order valence-corrected chi connectivity index (χ1v) is 9.58. The number of nitrogens with two attached hydrogens (primary N) is 1. The zero-order valence-corrected chi connectivity index (χ0v) is 17.1. The van der Waals surface area contributed by atoms with Crippen molar-refractivity contribution in [3.63, 3.8) is 0 Å². The zero-order chi connectivity index (χ0) is 23.9. The summed E-state index contributed by atoms with van der Waals surface area (Å²) in [5.74, 6) is -2.37. The summed E-state index contributed by atoms with van der Waals surface area (Å²) in [5.41, 5.74) is 4.91. The minimum Gasteiger partial charge on any atom is -0.496 e. The highest BCUT2D eigenvalue weighted by molar-refractivity contribution is 6.13. The van der Waals surface area contributed by atoms with Crippen molar-refractivity contribution in [2.75, 3.05) is 23.9 Å². The number of amides is 2. The van der Waals surface area contributed by atoms with E-state index >= 15 is 0 Å². The van der Waals surface area contributed by atoms with Gasteiger partial charge in [0.2, 0.25) is 0 Å². The summed E-state index contributed by atoms with van der Waals surface area (Å²) in [5, 5.41) is 6.47. The van der Waals surface area contributed by atoms with E-state index in [0.717, 1.165) is 30.3 Å². The van der Waals surface area contributed by atoms with Gasteiger partial charge in [0.15, 0.2) is 5.69 Å². The van der Waals surface area contributed by atoms with Crippen LogP contribution < -0.4 is 20.7 Å². The number of alkyl halides is 3. The van der Waals surface area contributed by atoms with Crippen LogP contribution in [0.3, 0.4) is 0 Å². The Kier molecular flexibility index (Phi) is 5.54. The van der Waals surface area contributed by atoms with Gasteiger partial charge in [0.1, 0.15) is 23.3 Å². The average molecular weight is 463 g/mol. The minimum atomic E-state index is -4.52. The van der Waals surface area contributed by atoms with Crippen molar-refractivity contribution in [2.45, 2.75) is 12.3 Å². The van der Waals surface area contributed by atoms with Crippen LogP contribution in [0.15, 0.2) is 48.7 Å². The minimum absolute atomic E-state index is 0.0112. The van der Waals surface area contributed by atoms with Gasteiger partial charge in [-0.1, -0.05) is 6.07 Å². The molecule has 3 aromatic rings. The number of nitrogens with zero attached hydrogens (tertiary/aromatic N) is 3. The molecule has 1 atom stereocenters. The largest absolute Gasteiger partial charge is 0.496 e. The summed E-state index contributed by atoms with van der Waals surface area (Å²) in [6.07, 6.45) is -4.17. The van der Waals surface area contributed by atoms with Gasteiger partial charge in [-0.15, -0.1) is 0 Å². The lowest BCUT2D eigenvalue weighted by Gasteiger charge is -2.32. The first-order valence-electron chi connectivity index (χ1n) is 9.58. The number of hydrogen-bond acceptors (Lipinski definition) is 5. The third kappa shape index (κ3) is 4.00. The fraction of sp³-hybridized carbons (Fsp3) is 0.190. The lowest BCUT2D eigenvalue weighted by molar-refractivity contribution is -0.137. The Morgan fingerprint density at radius 2 is 1.91 bits per heavy atom. The SMILES string of the molecule is COc1cccc(F)c1C(=O)Nc1cnn2c1C(=O)N(c1ccc(C(F)(F)F)cc1)CC2N. The molecular formula is C21H17F4N5O3. The van der Waals surface area contributed by atoms with Crippen molar-refractivity contribution in [1.29, 1.82) is 0 Å². The fourth-order valence-corrected chi connectivity index (χ4v) is 3.53. The molecule has 33 heavy (non-hydrogen) atoms. The second kappa shape index (κ2) is 8.20. The number of carbonyl (C=O) groups is 2. The summed E-state index contributed by atoms with van der Waals surface area (Å²) < 4.78 is 59.1. The molecule has 0 radical (unpaired) electrons. The van der Waals surface area contributed by atoms with Gasteiger partial charge in [-0.2, -0.15) is 18.3 Å². The Bertz CT molecular complexity index is 1220. The van der Waals surface area contributed by atoms with Crippen LogP contribution >= 0.6 is 0 Å². The maximum Gasteiger partial charge on any atom is 0.416 e. The molecule has 1 aliphatic rings. The summed E-state index contributed by atoms with van der Waals surface area (Å²) in [4.78, 5) is 27.1. The molecule has 3 N–H and O–H groups in total. The van der Waals surface area contributed by atoms with Gasteiger partial charge in [-0.05, 0) is 36.4 Å². The van der Waals surface area contributed by atoms with Crippen LogP contribution in [0.25, 0.3) is 0 Å². The molecule has 0 spiro atoms. The predicted molar refractivity (Wildman–Crippen MR) is 109 cm³/mol. The second-order valence-corrected chi connectivity index (χ2v) is 7.15. The van der Waals surface area contributed by atoms with Crippen LogP contribution in [0.5, 0.6) is 5.75 Å². The highest BCUT2D eigenvalue weighted by Gasteiger charge is 2.36. The van der Waals surface area contributed by atoms with Gasteiger partial charge in [0, 0.05) is 5.69 Å². The third-order valence-electron chi connectivity index (χ3n) is 5.10. The molecule has 0 fully saturated rings. The number of ether oxygens (including phenoxy) is 1. The van der Waals surface area contributed by atoms with E-state index in [-0.39, 0.29) is 34.9 Å². The molecule has 0 saturated heterocycles. The monoisotopic (exact) mass is 463 g/mol. The van der Waals surface area contributed by atoms with E-state index in [1.165, 1.54) is 35.0 Å². The highest BCUT2D eigenvalue weighted by atomic mass is 19.4. The maximum absolute atomic E-state index is 14.3. The van der Waals surface area contributed by atoms with Gasteiger partial charge in [0.25, 0.3) is 11.8 Å². The standard InChI is InChI=1S/C21H17F4N5O3/c1-33-15-4-2-3-13(22)17(15)19(31)28-14-9-27-30-16(26)10-29(20(32)18(14)30)12-7-5-11(6-8-12)21(23,24)25/h2-9,16H,10,26H2,1H3,(H,28,31). The average Bonchev–Trinajstić information content (AvgIpc) is 3.19. The zero-order valence-electron chi connectivity index (χ0n) is 17.1. The quantitative estimate of drug-likeness (QED) is 0.578. The van der Waals surface area contributed by atoms with E-state index < -0.39 is 35.5 Å². The highest BCUT2D eigenvalue weighted by Crippen LogP contribution is 2.33. The first-order chi connectivity index (χ1) is 15.6. The van der Waals surface area contributed by atoms with Crippen molar-refractivity contribution in [1.82, 2.24) is 9.78 Å². The van der Waals surface area contributed by atoms with Gasteiger partial charge >= 0.3 is 6.18 Å². The molecule has 0 bridgehead atoms. The molecule has 172 valence electrons. The van der Waals surface area contributed by atoms with E-state index in [1.807, 2.05) is 0 Å². The Balaban J connectivity index is 1.66. The molecule has 1 aliphatic heterocycles. The number of carbonyl (C=O) groups excluding carboxylic acids is 2. The van der Waals surface area contributed by atoms with Crippen LogP contribution in [0.4, 0.5) is 28.9 Å². The summed E-state index contributed by atoms with van der Waals surface area (Å²) in [6.45, 7) is -0.0621. The normalized spacial score (nSPS) is 15.9. The number of aromatic nitrogens is 2. The van der Waals surface area contributed by atoms with E-state index in [4.69, 9.17) is 10.5 Å². The summed E-state index contributed by atoms with van der Waals surface area (Å²) in [7, 11) is 1.28. The van der Waals surface area contributed by atoms with E-state index in [1.54, 1.807) is 0 Å². The van der Waals surface area contributed by atoms with Crippen molar-refractivity contribution < 1.29 is 31.9 Å². The Morgan fingerprint density at radius 3 is 2.55 bits per heavy atom. The summed E-state index contributed by atoms with van der Waals surface area (Å²) >= 11 is 0. The van der Waals surface area contributed by atoms with Gasteiger partial charge in [-0.25, -0.2) is 9.07 Å². The number of hydrogen-bond donors (Lipinski definition) is 2. The molecule has 2 amide bonds. The number of halogens is 4. The molecule has 2 aromatic carbocycles. The Hall–Kier alpha value is -3.93. The number of fused-ring (bicyclic) bond motifs is 1. The molecule has 0 saturated carbocycles. The molecule has 0 aliphatic carbocycles. The van der Waals surface area contributed by atoms with Gasteiger partial charge < -0.3 is 20.7 Å². The molecule has 1 unspecified atom stereocenters. The topological polar surface area (TPSA) is 102 Å². The van der Waals surface area contributed by atoms with E-state index in [0.29, 0.717) is 0 Å². The second-order valence-electron chi connectivity index (χ2n) is 7.15. The van der Waals surface area contributed by atoms with Crippen molar-refractivity contribution >= 4 is 23.2 Å². The van der Waals surface area contributed by atoms with Crippen molar-refractivity contribution in [3.05, 3.63) is 71.3 Å². The maximum atomic E-state index is 14.3. The van der Waals surface area contributed by atoms with Crippen molar-refractivity contribution in [3.8, 4) is 5.75 Å². The molecule has 2 heterocycles. The number of nitrogens with one attached hydrogen (secondary N) is 1. The predicted octanol–water partition coefficient (Wildman–Crippen LogP) is 3.42. The summed E-state index contributed by atoms with van der Waals surface area (Å²) in [6, 6.07) is 7.87. The van der Waals surface area contributed by atoms with E-state index in [2.05, 4.69) is 10.4 Å². The van der Waals surface area contributed by atoms with E-state index in [9.17, 15) is 27.2 Å². The number of benzene rings is 2. The number of anilines is 2. The lowest BCUT2D eigenvalue weighted by atomic mass is 10.1. The van der Waals surface area contributed by atoms with Gasteiger partial charge in [-0.3, -0.25) is 9.59 Å². The first kappa shape index (κ1) is 22.3. The Morgan fingerprint density at radius 1 is 1.21 bits per heavy atom. The van der Waals surface area contributed by atoms with Gasteiger partial charge in [0.05, 0.1) is 31.1 Å². The fourth-order valence-electron chi connectivity index (χ4n) is 3.53. The Labute approximate surface area is 184 Å². The van der Waals surface area contributed by atoms with Crippen LogP contribution in [0.2, 0.25) is 0 Å². The van der Waals surface area contributed by atoms with Crippen LogP contribution in [0.1, 0.15) is 32.6 Å². The molecule has 12 heteroatoms. The lowest BCUT2D eigenvalue weighted by Crippen LogP contribution is -2.46. The number of methoxy groups -OCH3 is 1. The number of rotatable bonds is 4. The molecule has 1 aromatic heterocycles. The van der Waals surface area contributed by atoms with Crippen LogP contribution in [-0.2, 0) is 6.18 Å². The third-order valence-corrected chi connectivity index (χ3v) is 5.10. The van der Waals surface area contributed by atoms with Crippen molar-refractivity contribution in [2.24, 2.45) is 5.73 Å². The van der Waals surface area contributed by atoms with Crippen LogP contribution in [-0.4, -0.2) is 35.2 Å². The molecule has 8 nitrogen and oxygen atoms in total.